The molecular weight excluding hydrogens is 249 g/mol. The zero-order chi connectivity index (χ0) is 13.7. The Balaban J connectivity index is 1.67. The van der Waals surface area contributed by atoms with Crippen molar-refractivity contribution < 1.29 is 14.0 Å². The summed E-state index contributed by atoms with van der Waals surface area (Å²) in [6, 6.07) is 5.69. The van der Waals surface area contributed by atoms with Crippen LogP contribution >= 0.6 is 0 Å². The average Bonchev–Trinajstić information content (AvgIpc) is 2.78. The van der Waals surface area contributed by atoms with Crippen molar-refractivity contribution in [3.63, 3.8) is 0 Å². The molecule has 1 aromatic carbocycles. The molecule has 1 unspecified atom stereocenters. The Labute approximate surface area is 110 Å². The van der Waals surface area contributed by atoms with Gasteiger partial charge in [-0.05, 0) is 30.7 Å². The normalized spacial score (nSPS) is 18.2. The van der Waals surface area contributed by atoms with Gasteiger partial charge < -0.3 is 16.0 Å². The van der Waals surface area contributed by atoms with E-state index in [0.29, 0.717) is 18.7 Å². The van der Waals surface area contributed by atoms with Crippen LogP contribution in [0.25, 0.3) is 0 Å². The molecule has 3 N–H and O–H groups in total. The molecule has 1 aliphatic heterocycles. The van der Waals surface area contributed by atoms with Crippen molar-refractivity contribution in [2.45, 2.75) is 18.9 Å². The molecule has 6 heteroatoms. The van der Waals surface area contributed by atoms with Crippen molar-refractivity contribution in [2.24, 2.45) is 0 Å². The van der Waals surface area contributed by atoms with Crippen LogP contribution in [0.15, 0.2) is 24.3 Å². The minimum Gasteiger partial charge on any atom is -0.352 e. The number of rotatable bonds is 5. The van der Waals surface area contributed by atoms with Crippen molar-refractivity contribution in [3.05, 3.63) is 30.1 Å². The Kier molecular flexibility index (Phi) is 4.46. The van der Waals surface area contributed by atoms with Crippen LogP contribution in [0.4, 0.5) is 10.1 Å². The molecule has 1 aromatic rings. The van der Waals surface area contributed by atoms with Gasteiger partial charge in [-0.2, -0.15) is 0 Å². The summed E-state index contributed by atoms with van der Waals surface area (Å²) in [7, 11) is 0. The number of nitrogens with one attached hydrogen (secondary N) is 3. The molecule has 0 aromatic heterocycles. The molecule has 1 aliphatic rings. The molecule has 5 nitrogen and oxygen atoms in total. The Bertz CT molecular complexity index is 461. The molecule has 2 amide bonds. The predicted octanol–water partition coefficient (Wildman–Crippen LogP) is 0.632. The van der Waals surface area contributed by atoms with Crippen molar-refractivity contribution in [1.82, 2.24) is 10.6 Å². The zero-order valence-electron chi connectivity index (χ0n) is 10.4. The monoisotopic (exact) mass is 265 g/mol. The number of carbonyl (C=O) groups excluding carboxylic acids is 2. The zero-order valence-corrected chi connectivity index (χ0v) is 10.4. The Morgan fingerprint density at radius 3 is 2.74 bits per heavy atom. The van der Waals surface area contributed by atoms with Crippen LogP contribution in [0.1, 0.15) is 12.8 Å². The highest BCUT2D eigenvalue weighted by atomic mass is 19.1. The van der Waals surface area contributed by atoms with Gasteiger partial charge in [0.1, 0.15) is 5.82 Å². The van der Waals surface area contributed by atoms with E-state index in [2.05, 4.69) is 16.0 Å². The van der Waals surface area contributed by atoms with Gasteiger partial charge in [-0.1, -0.05) is 0 Å². The quantitative estimate of drug-likeness (QED) is 0.731. The van der Waals surface area contributed by atoms with Crippen molar-refractivity contribution in [3.8, 4) is 0 Å². The SMILES string of the molecule is O=C(CNCC1CCC(=O)N1)Nc1ccc(F)cc1. The summed E-state index contributed by atoms with van der Waals surface area (Å²) >= 11 is 0. The van der Waals surface area contributed by atoms with Crippen molar-refractivity contribution in [2.75, 3.05) is 18.4 Å². The van der Waals surface area contributed by atoms with Gasteiger partial charge in [0.15, 0.2) is 0 Å². The van der Waals surface area contributed by atoms with Crippen LogP contribution < -0.4 is 16.0 Å². The molecule has 19 heavy (non-hydrogen) atoms. The minimum absolute atomic E-state index is 0.0579. The number of amides is 2. The van der Waals surface area contributed by atoms with E-state index in [-0.39, 0.29) is 30.2 Å². The number of hydrogen-bond donors (Lipinski definition) is 3. The van der Waals surface area contributed by atoms with Crippen LogP contribution in [0.2, 0.25) is 0 Å². The molecule has 0 bridgehead atoms. The highest BCUT2D eigenvalue weighted by molar-refractivity contribution is 5.92. The maximum atomic E-state index is 12.7. The maximum absolute atomic E-state index is 12.7. The highest BCUT2D eigenvalue weighted by Gasteiger charge is 2.20. The summed E-state index contributed by atoms with van der Waals surface area (Å²) < 4.78 is 12.7. The molecule has 102 valence electrons. The van der Waals surface area contributed by atoms with Crippen LogP contribution in [-0.2, 0) is 9.59 Å². The lowest BCUT2D eigenvalue weighted by molar-refractivity contribution is -0.119. The molecule has 1 heterocycles. The molecule has 0 saturated carbocycles. The van der Waals surface area contributed by atoms with Crippen LogP contribution in [0.3, 0.4) is 0 Å². The van der Waals surface area contributed by atoms with Crippen LogP contribution in [-0.4, -0.2) is 30.9 Å². The van der Waals surface area contributed by atoms with E-state index < -0.39 is 0 Å². The first-order chi connectivity index (χ1) is 9.13. The first-order valence-electron chi connectivity index (χ1n) is 6.19. The van der Waals surface area contributed by atoms with E-state index in [9.17, 15) is 14.0 Å². The van der Waals surface area contributed by atoms with Crippen LogP contribution in [0, 0.1) is 5.82 Å². The average molecular weight is 265 g/mol. The highest BCUT2D eigenvalue weighted by Crippen LogP contribution is 2.08. The lowest BCUT2D eigenvalue weighted by Crippen LogP contribution is -2.38. The Hall–Kier alpha value is -1.95. The Morgan fingerprint density at radius 2 is 2.11 bits per heavy atom. The number of halogens is 1. The van der Waals surface area contributed by atoms with Crippen molar-refractivity contribution >= 4 is 17.5 Å². The van der Waals surface area contributed by atoms with Gasteiger partial charge in [0.2, 0.25) is 11.8 Å². The van der Waals surface area contributed by atoms with Gasteiger partial charge >= 0.3 is 0 Å². The first-order valence-corrected chi connectivity index (χ1v) is 6.19. The fourth-order valence-corrected chi connectivity index (χ4v) is 1.93. The summed E-state index contributed by atoms with van der Waals surface area (Å²) in [5.74, 6) is -0.480. The topological polar surface area (TPSA) is 70.2 Å². The van der Waals surface area contributed by atoms with Gasteiger partial charge in [0, 0.05) is 24.7 Å². The molecule has 2 rings (SSSR count). The first kappa shape index (κ1) is 13.5. The van der Waals surface area contributed by atoms with Gasteiger partial charge in [-0.15, -0.1) is 0 Å². The minimum atomic E-state index is -0.340. The fraction of sp³-hybridized carbons (Fsp3) is 0.385. The fourth-order valence-electron chi connectivity index (χ4n) is 1.93. The second-order valence-electron chi connectivity index (χ2n) is 4.49. The van der Waals surface area contributed by atoms with E-state index in [4.69, 9.17) is 0 Å². The predicted molar refractivity (Wildman–Crippen MR) is 69.1 cm³/mol. The second kappa shape index (κ2) is 6.29. The van der Waals surface area contributed by atoms with E-state index in [0.717, 1.165) is 6.42 Å². The lowest BCUT2D eigenvalue weighted by atomic mass is 10.2. The molecule has 0 aliphatic carbocycles. The smallest absolute Gasteiger partial charge is 0.238 e. The second-order valence-corrected chi connectivity index (χ2v) is 4.49. The third kappa shape index (κ3) is 4.33. The molecule has 1 fully saturated rings. The van der Waals surface area contributed by atoms with Gasteiger partial charge in [-0.25, -0.2) is 4.39 Å². The van der Waals surface area contributed by atoms with Gasteiger partial charge in [-0.3, -0.25) is 9.59 Å². The van der Waals surface area contributed by atoms with E-state index in [1.54, 1.807) is 0 Å². The van der Waals surface area contributed by atoms with E-state index >= 15 is 0 Å². The molecule has 1 atom stereocenters. The third-order valence-corrected chi connectivity index (χ3v) is 2.89. The number of anilines is 1. The third-order valence-electron chi connectivity index (χ3n) is 2.89. The summed E-state index contributed by atoms with van der Waals surface area (Å²) in [6.45, 7) is 0.728. The number of benzene rings is 1. The van der Waals surface area contributed by atoms with E-state index in [1.165, 1.54) is 24.3 Å². The van der Waals surface area contributed by atoms with E-state index in [1.807, 2.05) is 0 Å². The van der Waals surface area contributed by atoms with Crippen molar-refractivity contribution in [1.29, 1.82) is 0 Å². The van der Waals surface area contributed by atoms with Gasteiger partial charge in [0.05, 0.1) is 6.54 Å². The van der Waals surface area contributed by atoms with Crippen LogP contribution in [0.5, 0.6) is 0 Å². The largest absolute Gasteiger partial charge is 0.352 e. The van der Waals surface area contributed by atoms with Gasteiger partial charge in [0.25, 0.3) is 0 Å². The Morgan fingerprint density at radius 1 is 1.37 bits per heavy atom. The molecular formula is C13H16FN3O2. The summed E-state index contributed by atoms with van der Waals surface area (Å²) in [4.78, 5) is 22.6. The number of hydrogen-bond acceptors (Lipinski definition) is 3. The molecule has 1 saturated heterocycles. The summed E-state index contributed by atoms with van der Waals surface area (Å²) in [5.41, 5.74) is 0.558. The molecule has 0 radical (unpaired) electrons. The molecule has 0 spiro atoms. The standard InChI is InChI=1S/C13H16FN3O2/c14-9-1-3-10(4-2-9)16-13(19)8-15-7-11-5-6-12(18)17-11/h1-4,11,15H,5-8H2,(H,16,19)(H,17,18). The summed E-state index contributed by atoms with van der Waals surface area (Å²) in [5, 5.41) is 8.43. The lowest BCUT2D eigenvalue weighted by Gasteiger charge is -2.11. The maximum Gasteiger partial charge on any atom is 0.238 e. The number of carbonyl (C=O) groups is 2. The summed E-state index contributed by atoms with van der Waals surface area (Å²) in [6.07, 6.45) is 1.35.